The summed E-state index contributed by atoms with van der Waals surface area (Å²) in [5, 5.41) is 6.08. The van der Waals surface area contributed by atoms with E-state index in [4.69, 9.17) is 0 Å². The monoisotopic (exact) mass is 629 g/mol. The number of benzene rings is 4. The molecule has 2 heteroatoms. The van der Waals surface area contributed by atoms with Crippen LogP contribution in [0.4, 0.5) is 0 Å². The average Bonchev–Trinajstić information content (AvgIpc) is 3.52. The molecule has 0 heterocycles. The minimum Gasteiger partial charge on any atom is -0.253 e. The van der Waals surface area contributed by atoms with Crippen molar-refractivity contribution in [3.8, 4) is 0 Å². The van der Waals surface area contributed by atoms with Gasteiger partial charge in [-0.2, -0.15) is 6.08 Å². The van der Waals surface area contributed by atoms with E-state index >= 15 is 0 Å². The first-order valence-corrected chi connectivity index (χ1v) is 18.8. The Morgan fingerprint density at radius 1 is 0.523 bits per heavy atom. The molecule has 0 bridgehead atoms. The summed E-state index contributed by atoms with van der Waals surface area (Å²) in [6.07, 6.45) is 18.9. The van der Waals surface area contributed by atoms with Crippen molar-refractivity contribution in [3.63, 3.8) is 0 Å². The van der Waals surface area contributed by atoms with Crippen molar-refractivity contribution in [1.82, 2.24) is 0 Å². The second-order valence-corrected chi connectivity index (χ2v) is 16.2. The molecule has 1 aliphatic rings. The molecule has 0 fully saturated rings. The molecule has 1 aliphatic carbocycles. The Kier molecular flexibility index (Phi) is 13.3. The third kappa shape index (κ3) is 7.92. The quantitative estimate of drug-likeness (QED) is 0.0700. The number of rotatable bonds is 15. The molecule has 0 unspecified atom stereocenters. The molecule has 4 aromatic rings. The smallest absolute Gasteiger partial charge is 0.0964 e. The molecule has 0 nitrogen and oxygen atoms in total. The van der Waals surface area contributed by atoms with Crippen LogP contribution in [-0.2, 0) is 47.4 Å². The van der Waals surface area contributed by atoms with Gasteiger partial charge in [-0.3, -0.25) is 6.08 Å². The minimum absolute atomic E-state index is 0. The summed E-state index contributed by atoms with van der Waals surface area (Å²) in [7, 11) is -2.58. The van der Waals surface area contributed by atoms with Gasteiger partial charge in [-0.25, -0.2) is 10.8 Å². The number of hydrogen-bond acceptors (Lipinski definition) is 0. The van der Waals surface area contributed by atoms with E-state index in [-0.39, 0.29) is 21.7 Å². The maximum Gasteiger partial charge on any atom is 0.0964 e. The summed E-state index contributed by atoms with van der Waals surface area (Å²) in [5.74, 6) is 0. The van der Waals surface area contributed by atoms with E-state index in [9.17, 15) is 0 Å². The molecule has 4 aromatic carbocycles. The zero-order valence-corrected chi connectivity index (χ0v) is 29.7. The van der Waals surface area contributed by atoms with E-state index in [0.29, 0.717) is 0 Å². The largest absolute Gasteiger partial charge is 0.253 e. The number of allylic oxidation sites excluding steroid dienone is 4. The van der Waals surface area contributed by atoms with Crippen LogP contribution >= 0.6 is 0 Å². The molecule has 0 atom stereocenters. The van der Waals surface area contributed by atoms with E-state index in [2.05, 4.69) is 136 Å². The second kappa shape index (κ2) is 17.1. The molecule has 0 N–H and O–H groups in total. The van der Waals surface area contributed by atoms with Crippen LogP contribution in [0, 0.1) is 6.08 Å². The molecular formula is C42H49SiTi-. The van der Waals surface area contributed by atoms with Gasteiger partial charge in [-0.15, -0.1) is 0 Å². The Labute approximate surface area is 283 Å². The van der Waals surface area contributed by atoms with Crippen LogP contribution in [0.2, 0.25) is 0 Å². The number of hydrogen-bond donors (Lipinski definition) is 0. The molecule has 0 saturated heterocycles. The van der Waals surface area contributed by atoms with Crippen molar-refractivity contribution in [3.05, 3.63) is 148 Å². The van der Waals surface area contributed by atoms with Gasteiger partial charge in [0, 0.05) is 21.7 Å². The summed E-state index contributed by atoms with van der Waals surface area (Å²) in [6.45, 7) is 6.85. The van der Waals surface area contributed by atoms with E-state index < -0.39 is 8.07 Å². The predicted octanol–water partition coefficient (Wildman–Crippen LogP) is 9.02. The molecule has 0 aliphatic heterocycles. The molecule has 0 amide bonds. The third-order valence-corrected chi connectivity index (χ3v) is 14.3. The average molecular weight is 630 g/mol. The second-order valence-electron chi connectivity index (χ2n) is 12.3. The summed E-state index contributed by atoms with van der Waals surface area (Å²) in [4.78, 5) is 0. The van der Waals surface area contributed by atoms with Crippen molar-refractivity contribution in [2.75, 3.05) is 0 Å². The first-order chi connectivity index (χ1) is 21.2. The Hall–Kier alpha value is -2.71. The van der Waals surface area contributed by atoms with E-state index in [1.165, 1.54) is 81.9 Å². The van der Waals surface area contributed by atoms with Crippen molar-refractivity contribution >= 4 is 23.6 Å². The van der Waals surface area contributed by atoms with Crippen LogP contribution in [-0.4, -0.2) is 8.07 Å². The van der Waals surface area contributed by atoms with Crippen LogP contribution in [0.1, 0.15) is 88.0 Å². The molecule has 5 rings (SSSR count). The van der Waals surface area contributed by atoms with Gasteiger partial charge in [-0.1, -0.05) is 165 Å². The Morgan fingerprint density at radius 3 is 1.32 bits per heavy atom. The molecule has 0 radical (unpaired) electrons. The normalized spacial score (nSPS) is 12.9. The van der Waals surface area contributed by atoms with Gasteiger partial charge in [-0.05, 0) is 67.2 Å². The predicted molar refractivity (Wildman–Crippen MR) is 189 cm³/mol. The van der Waals surface area contributed by atoms with Gasteiger partial charge in [0.05, 0.1) is 8.07 Å². The molecule has 226 valence electrons. The first kappa shape index (κ1) is 34.2. The summed E-state index contributed by atoms with van der Waals surface area (Å²) in [5.41, 5.74) is 7.10. The molecule has 0 saturated carbocycles. The van der Waals surface area contributed by atoms with Crippen LogP contribution in [0.25, 0.3) is 0 Å². The minimum atomic E-state index is -2.58. The van der Waals surface area contributed by atoms with Crippen LogP contribution < -0.4 is 15.6 Å². The fourth-order valence-electron chi connectivity index (χ4n) is 6.75. The molecule has 44 heavy (non-hydrogen) atoms. The third-order valence-electron chi connectivity index (χ3n) is 9.24. The van der Waals surface area contributed by atoms with Crippen LogP contribution in [0.15, 0.2) is 120 Å². The van der Waals surface area contributed by atoms with Gasteiger partial charge < -0.3 is 0 Å². The number of aryl methyl sites for hydroxylation is 3. The zero-order valence-electron chi connectivity index (χ0n) is 27.2. The number of unbranched alkanes of at least 4 members (excludes halogenated alkanes) is 3. The molecule has 0 spiro atoms. The topological polar surface area (TPSA) is 0 Å². The van der Waals surface area contributed by atoms with Crippen molar-refractivity contribution in [2.24, 2.45) is 0 Å². The zero-order chi connectivity index (χ0) is 29.9. The maximum atomic E-state index is 3.78. The fraction of sp³-hybridized carbons (Fsp3) is 0.333. The van der Waals surface area contributed by atoms with Crippen LogP contribution in [0.3, 0.4) is 0 Å². The first-order valence-electron chi connectivity index (χ1n) is 16.8. The van der Waals surface area contributed by atoms with Crippen molar-refractivity contribution in [1.29, 1.82) is 0 Å². The van der Waals surface area contributed by atoms with Crippen LogP contribution in [0.5, 0.6) is 0 Å². The SMILES string of the molecule is CCCCc1ccc([Si](C2=C(Cc3ccccc3)[C-]=CC2)(c2ccc(CCCC)cc2)c2ccc(CCCC)cc2)cc1.[Ti]. The fourth-order valence-corrected chi connectivity index (χ4v) is 11.8. The summed E-state index contributed by atoms with van der Waals surface area (Å²) >= 11 is 0. The standard InChI is InChI=1S/C42H49Si.Ti/c1-4-7-14-34-21-27-39(28-22-34)43(40-29-23-35(24-30-40)15-8-5-2,41-31-25-36(26-32-41)16-9-6-3)42-20-13-19-38(42)33-37-17-11-10-12-18-37;/h10-13,17-18,21-32H,4-9,14-16,20,33H2,1-3H3;/q-1;. The molecule has 0 aromatic heterocycles. The van der Waals surface area contributed by atoms with Gasteiger partial charge in [0.15, 0.2) is 0 Å². The maximum absolute atomic E-state index is 3.78. The molecular weight excluding hydrogens is 580 g/mol. The summed E-state index contributed by atoms with van der Waals surface area (Å²) < 4.78 is 0. The van der Waals surface area contributed by atoms with E-state index in [1.807, 2.05) is 0 Å². The van der Waals surface area contributed by atoms with Crippen molar-refractivity contribution in [2.45, 2.75) is 91.4 Å². The Morgan fingerprint density at radius 2 is 0.932 bits per heavy atom. The van der Waals surface area contributed by atoms with Gasteiger partial charge in [0.1, 0.15) is 0 Å². The Balaban J connectivity index is 0.00000442. The van der Waals surface area contributed by atoms with Gasteiger partial charge in [0.25, 0.3) is 0 Å². The Bertz CT molecular complexity index is 1350. The van der Waals surface area contributed by atoms with Crippen molar-refractivity contribution < 1.29 is 21.7 Å². The van der Waals surface area contributed by atoms with Gasteiger partial charge >= 0.3 is 0 Å². The van der Waals surface area contributed by atoms with E-state index in [1.54, 1.807) is 5.20 Å². The van der Waals surface area contributed by atoms with Gasteiger partial charge in [0.2, 0.25) is 0 Å². The summed E-state index contributed by atoms with van der Waals surface area (Å²) in [6, 6.07) is 40.4. The van der Waals surface area contributed by atoms with E-state index in [0.717, 1.165) is 32.1 Å².